The van der Waals surface area contributed by atoms with Gasteiger partial charge in [0.2, 0.25) is 11.8 Å². The Morgan fingerprint density at radius 2 is 1.97 bits per heavy atom. The lowest BCUT2D eigenvalue weighted by molar-refractivity contribution is 0.191. The lowest BCUT2D eigenvalue weighted by Crippen LogP contribution is -2.32. The maximum absolute atomic E-state index is 12.9. The van der Waals surface area contributed by atoms with Gasteiger partial charge in [-0.3, -0.25) is 0 Å². The highest BCUT2D eigenvalue weighted by Crippen LogP contribution is 2.43. The minimum absolute atomic E-state index is 0.00396. The van der Waals surface area contributed by atoms with Gasteiger partial charge in [0.15, 0.2) is 20.7 Å². The molecule has 2 heterocycles. The number of rotatable bonds is 9. The molecular formula is C21H28N4O5S. The van der Waals surface area contributed by atoms with Crippen LogP contribution >= 0.6 is 0 Å². The average Bonchev–Trinajstić information content (AvgIpc) is 3.60. The normalized spacial score (nSPS) is 17.5. The number of amides is 1. The topological polar surface area (TPSA) is 124 Å². The third kappa shape index (κ3) is 5.61. The van der Waals surface area contributed by atoms with E-state index in [0.717, 1.165) is 25.7 Å². The number of sulfone groups is 1. The van der Waals surface area contributed by atoms with E-state index >= 15 is 0 Å². The molecule has 2 fully saturated rings. The average molecular weight is 449 g/mol. The van der Waals surface area contributed by atoms with Crippen LogP contribution in [0.25, 0.3) is 0 Å². The third-order valence-electron chi connectivity index (χ3n) is 5.34. The summed E-state index contributed by atoms with van der Waals surface area (Å²) in [5.74, 6) is 1.45. The lowest BCUT2D eigenvalue weighted by Gasteiger charge is -2.16. The van der Waals surface area contributed by atoms with Crippen LogP contribution in [0, 0.1) is 18.8 Å². The SMILES string of the molecule is Cc1nc([C@H](CC2CC2)NC(=O)Oc2ccc(C3CC3)c(S(=O)(=O)CC(C)C)n2)no1. The quantitative estimate of drug-likeness (QED) is 0.615. The highest BCUT2D eigenvalue weighted by atomic mass is 32.2. The molecule has 2 aliphatic carbocycles. The number of aryl methyl sites for hydroxylation is 1. The molecule has 9 nitrogen and oxygen atoms in total. The van der Waals surface area contributed by atoms with E-state index in [1.54, 1.807) is 19.1 Å². The summed E-state index contributed by atoms with van der Waals surface area (Å²) in [5, 5.41) is 6.71. The van der Waals surface area contributed by atoms with Gasteiger partial charge in [-0.1, -0.05) is 37.9 Å². The maximum atomic E-state index is 12.9. The molecule has 2 aromatic rings. The molecule has 168 valence electrons. The van der Waals surface area contributed by atoms with E-state index in [-0.39, 0.29) is 28.5 Å². The van der Waals surface area contributed by atoms with Crippen molar-refractivity contribution >= 4 is 15.9 Å². The molecule has 1 amide bonds. The van der Waals surface area contributed by atoms with Crippen molar-refractivity contribution < 1.29 is 22.5 Å². The summed E-state index contributed by atoms with van der Waals surface area (Å²) in [6.45, 7) is 5.39. The van der Waals surface area contributed by atoms with Gasteiger partial charge >= 0.3 is 6.09 Å². The number of hydrogen-bond acceptors (Lipinski definition) is 8. The van der Waals surface area contributed by atoms with E-state index < -0.39 is 22.0 Å². The molecule has 10 heteroatoms. The maximum Gasteiger partial charge on any atom is 0.414 e. The molecular weight excluding hydrogens is 420 g/mol. The number of carbonyl (C=O) groups excluding carboxylic acids is 1. The van der Waals surface area contributed by atoms with Gasteiger partial charge in [0, 0.05) is 13.0 Å². The van der Waals surface area contributed by atoms with Gasteiger partial charge in [0.1, 0.15) is 0 Å². The van der Waals surface area contributed by atoms with Crippen molar-refractivity contribution in [3.05, 3.63) is 29.4 Å². The first-order valence-electron chi connectivity index (χ1n) is 10.7. The number of carbonyl (C=O) groups is 1. The van der Waals surface area contributed by atoms with Gasteiger partial charge in [-0.15, -0.1) is 0 Å². The first-order chi connectivity index (χ1) is 14.7. The van der Waals surface area contributed by atoms with E-state index in [2.05, 4.69) is 20.4 Å². The number of nitrogens with zero attached hydrogens (tertiary/aromatic N) is 3. The summed E-state index contributed by atoms with van der Waals surface area (Å²) in [7, 11) is -3.58. The second-order valence-electron chi connectivity index (χ2n) is 8.93. The Morgan fingerprint density at radius 1 is 1.23 bits per heavy atom. The lowest BCUT2D eigenvalue weighted by atomic mass is 10.1. The highest BCUT2D eigenvalue weighted by molar-refractivity contribution is 7.91. The largest absolute Gasteiger partial charge is 0.414 e. The summed E-state index contributed by atoms with van der Waals surface area (Å²) in [6, 6.07) is 2.83. The molecule has 1 atom stereocenters. The van der Waals surface area contributed by atoms with Gasteiger partial charge in [-0.2, -0.15) is 4.98 Å². The Labute approximate surface area is 181 Å². The summed E-state index contributed by atoms with van der Waals surface area (Å²) in [4.78, 5) is 21.0. The molecule has 0 aliphatic heterocycles. The number of aromatic nitrogens is 3. The van der Waals surface area contributed by atoms with Crippen molar-refractivity contribution in [1.82, 2.24) is 20.4 Å². The van der Waals surface area contributed by atoms with Crippen molar-refractivity contribution in [2.24, 2.45) is 11.8 Å². The van der Waals surface area contributed by atoms with Crippen LogP contribution in [0.2, 0.25) is 0 Å². The van der Waals surface area contributed by atoms with Crippen LogP contribution in [-0.2, 0) is 9.84 Å². The second kappa shape index (κ2) is 8.57. The highest BCUT2D eigenvalue weighted by Gasteiger charge is 2.33. The predicted molar refractivity (Wildman–Crippen MR) is 111 cm³/mol. The van der Waals surface area contributed by atoms with E-state index in [1.807, 2.05) is 13.8 Å². The minimum atomic E-state index is -3.58. The molecule has 2 aromatic heterocycles. The van der Waals surface area contributed by atoms with Crippen LogP contribution in [0.3, 0.4) is 0 Å². The molecule has 0 aromatic carbocycles. The van der Waals surface area contributed by atoms with Crippen LogP contribution in [0.15, 0.2) is 21.7 Å². The van der Waals surface area contributed by atoms with E-state index in [9.17, 15) is 13.2 Å². The number of nitrogens with one attached hydrogen (secondary N) is 1. The first kappa shape index (κ1) is 21.7. The molecule has 31 heavy (non-hydrogen) atoms. The number of ether oxygens (including phenoxy) is 1. The Balaban J connectivity index is 1.51. The summed E-state index contributed by atoms with van der Waals surface area (Å²) in [5.41, 5.74) is 0.710. The summed E-state index contributed by atoms with van der Waals surface area (Å²) < 4.78 is 36.2. The molecule has 1 N–H and O–H groups in total. The molecule has 0 saturated heterocycles. The van der Waals surface area contributed by atoms with Crippen LogP contribution in [0.5, 0.6) is 5.88 Å². The smallest absolute Gasteiger partial charge is 0.391 e. The number of hydrogen-bond donors (Lipinski definition) is 1. The molecule has 4 rings (SSSR count). The van der Waals surface area contributed by atoms with Gasteiger partial charge in [0.05, 0.1) is 11.8 Å². The van der Waals surface area contributed by atoms with Gasteiger partial charge in [-0.25, -0.2) is 18.2 Å². The predicted octanol–water partition coefficient (Wildman–Crippen LogP) is 3.71. The fourth-order valence-electron chi connectivity index (χ4n) is 3.60. The van der Waals surface area contributed by atoms with Crippen molar-refractivity contribution in [3.63, 3.8) is 0 Å². The Hall–Kier alpha value is -2.49. The molecule has 2 aliphatic rings. The van der Waals surface area contributed by atoms with Crippen molar-refractivity contribution in [2.45, 2.75) is 69.9 Å². The van der Waals surface area contributed by atoms with Crippen molar-refractivity contribution in [1.29, 1.82) is 0 Å². The van der Waals surface area contributed by atoms with Crippen LogP contribution in [0.4, 0.5) is 4.79 Å². The summed E-state index contributed by atoms with van der Waals surface area (Å²) >= 11 is 0. The summed E-state index contributed by atoms with van der Waals surface area (Å²) in [6.07, 6.45) is 4.05. The van der Waals surface area contributed by atoms with Crippen molar-refractivity contribution in [2.75, 3.05) is 5.75 Å². The standard InChI is InChI=1S/C21H28N4O5S/c1-12(2)11-31(27,28)20-16(15-6-7-15)8-9-18(24-20)29-21(26)23-17(10-14-4-5-14)19-22-13(3)30-25-19/h8-9,12,14-15,17H,4-7,10-11H2,1-3H3,(H,23,26)/t17-/m0/s1. The van der Waals surface area contributed by atoms with Gasteiger partial charge in [-0.05, 0) is 42.6 Å². The molecule has 0 bridgehead atoms. The molecule has 2 saturated carbocycles. The van der Waals surface area contributed by atoms with Crippen molar-refractivity contribution in [3.8, 4) is 5.88 Å². The van der Waals surface area contributed by atoms with Crippen LogP contribution < -0.4 is 10.1 Å². The first-order valence-corrected chi connectivity index (χ1v) is 12.4. The third-order valence-corrected chi connectivity index (χ3v) is 7.36. The minimum Gasteiger partial charge on any atom is -0.391 e. The van der Waals surface area contributed by atoms with E-state index in [0.29, 0.717) is 29.6 Å². The van der Waals surface area contributed by atoms with Gasteiger partial charge < -0.3 is 14.6 Å². The Bertz CT molecular complexity index is 1060. The second-order valence-corrected chi connectivity index (χ2v) is 10.9. The van der Waals surface area contributed by atoms with E-state index in [4.69, 9.17) is 9.26 Å². The fourth-order valence-corrected chi connectivity index (χ4v) is 5.46. The number of pyridine rings is 1. The van der Waals surface area contributed by atoms with Crippen LogP contribution in [-0.4, -0.2) is 35.4 Å². The van der Waals surface area contributed by atoms with E-state index in [1.165, 1.54) is 0 Å². The molecule has 0 radical (unpaired) electrons. The zero-order valence-corrected chi connectivity index (χ0v) is 18.8. The van der Waals surface area contributed by atoms with Crippen LogP contribution in [0.1, 0.15) is 75.2 Å². The Morgan fingerprint density at radius 3 is 2.55 bits per heavy atom. The van der Waals surface area contributed by atoms with Gasteiger partial charge in [0.25, 0.3) is 0 Å². The molecule has 0 unspecified atom stereocenters. The monoisotopic (exact) mass is 448 g/mol. The molecule has 0 spiro atoms. The Kier molecular flexibility index (Phi) is 6.00. The fraction of sp³-hybridized carbons (Fsp3) is 0.619. The zero-order valence-electron chi connectivity index (χ0n) is 18.0. The zero-order chi connectivity index (χ0) is 22.2.